The van der Waals surface area contributed by atoms with Crippen LogP contribution in [0.2, 0.25) is 0 Å². The normalized spacial score (nSPS) is 17.9. The summed E-state index contributed by atoms with van der Waals surface area (Å²) in [5, 5.41) is 0. The van der Waals surface area contributed by atoms with E-state index in [-0.39, 0.29) is 10.7 Å². The lowest BCUT2D eigenvalue weighted by atomic mass is 10.2. The first-order valence-corrected chi connectivity index (χ1v) is 11.8. The van der Waals surface area contributed by atoms with Crippen molar-refractivity contribution in [1.82, 2.24) is 9.21 Å². The van der Waals surface area contributed by atoms with Gasteiger partial charge in [0.25, 0.3) is 0 Å². The van der Waals surface area contributed by atoms with Gasteiger partial charge >= 0.3 is 0 Å². The van der Waals surface area contributed by atoms with Gasteiger partial charge in [-0.05, 0) is 43.2 Å². The molecule has 0 atom stereocenters. The standard InChI is InChI=1S/C22H27FN2O4S/c23-22-4-2-1-3-18(22)17-24(19-5-6-19)11-16-29-20-7-9-21(10-8-20)30(26,27)25-12-14-28-15-13-25/h1-4,7-10,19H,5-6,11-17H2. The monoisotopic (exact) mass is 434 g/mol. The Bertz CT molecular complexity index is 942. The SMILES string of the molecule is O=S(=O)(c1ccc(OCCN(Cc2ccccc2F)C2CC2)cc1)N1CCOCC1. The van der Waals surface area contributed by atoms with Gasteiger partial charge in [-0.1, -0.05) is 18.2 Å². The fourth-order valence-electron chi connectivity index (χ4n) is 3.60. The Balaban J connectivity index is 1.32. The molecule has 0 radical (unpaired) electrons. The molecular formula is C22H27FN2O4S. The van der Waals surface area contributed by atoms with E-state index in [9.17, 15) is 12.8 Å². The minimum absolute atomic E-state index is 0.180. The maximum Gasteiger partial charge on any atom is 0.243 e. The molecule has 0 unspecified atom stereocenters. The highest BCUT2D eigenvalue weighted by atomic mass is 32.2. The second kappa shape index (κ2) is 9.43. The zero-order chi connectivity index (χ0) is 21.0. The minimum atomic E-state index is -3.50. The van der Waals surface area contributed by atoms with Crippen molar-refractivity contribution in [2.75, 3.05) is 39.5 Å². The van der Waals surface area contributed by atoms with Crippen LogP contribution in [0.25, 0.3) is 0 Å². The fraction of sp³-hybridized carbons (Fsp3) is 0.455. The number of hydrogen-bond donors (Lipinski definition) is 0. The number of halogens is 1. The van der Waals surface area contributed by atoms with Gasteiger partial charge in [0.2, 0.25) is 10.0 Å². The first-order valence-electron chi connectivity index (χ1n) is 10.3. The second-order valence-electron chi connectivity index (χ2n) is 7.63. The van der Waals surface area contributed by atoms with Crippen LogP contribution in [0.4, 0.5) is 4.39 Å². The minimum Gasteiger partial charge on any atom is -0.492 e. The number of ether oxygens (including phenoxy) is 2. The van der Waals surface area contributed by atoms with Crippen LogP contribution >= 0.6 is 0 Å². The van der Waals surface area contributed by atoms with E-state index in [1.54, 1.807) is 30.3 Å². The van der Waals surface area contributed by atoms with Crippen LogP contribution in [0, 0.1) is 5.82 Å². The van der Waals surface area contributed by atoms with E-state index in [1.807, 2.05) is 12.1 Å². The van der Waals surface area contributed by atoms with Crippen LogP contribution in [-0.2, 0) is 21.3 Å². The average Bonchev–Trinajstić information content (AvgIpc) is 3.61. The smallest absolute Gasteiger partial charge is 0.243 e. The predicted octanol–water partition coefficient (Wildman–Crippen LogP) is 2.89. The Morgan fingerprint density at radius 1 is 1.07 bits per heavy atom. The molecule has 2 aromatic rings. The molecule has 6 nitrogen and oxygen atoms in total. The summed E-state index contributed by atoms with van der Waals surface area (Å²) in [6, 6.07) is 13.9. The Hall–Kier alpha value is -2.00. The summed E-state index contributed by atoms with van der Waals surface area (Å²) in [4.78, 5) is 2.51. The van der Waals surface area contributed by atoms with E-state index in [0.29, 0.717) is 63.4 Å². The maximum atomic E-state index is 14.0. The Morgan fingerprint density at radius 2 is 1.77 bits per heavy atom. The Kier molecular flexibility index (Phi) is 6.67. The Morgan fingerprint density at radius 3 is 2.43 bits per heavy atom. The van der Waals surface area contributed by atoms with E-state index < -0.39 is 10.0 Å². The van der Waals surface area contributed by atoms with E-state index in [0.717, 1.165) is 12.8 Å². The number of benzene rings is 2. The molecule has 1 aliphatic carbocycles. The van der Waals surface area contributed by atoms with E-state index in [1.165, 1.54) is 10.4 Å². The van der Waals surface area contributed by atoms with Gasteiger partial charge in [-0.2, -0.15) is 4.31 Å². The largest absolute Gasteiger partial charge is 0.492 e. The highest BCUT2D eigenvalue weighted by molar-refractivity contribution is 7.89. The molecule has 1 heterocycles. The molecule has 162 valence electrons. The lowest BCUT2D eigenvalue weighted by Gasteiger charge is -2.26. The summed E-state index contributed by atoms with van der Waals surface area (Å²) in [5.74, 6) is 0.443. The van der Waals surface area contributed by atoms with E-state index in [4.69, 9.17) is 9.47 Å². The van der Waals surface area contributed by atoms with Gasteiger partial charge in [-0.25, -0.2) is 12.8 Å². The highest BCUT2D eigenvalue weighted by Crippen LogP contribution is 2.28. The van der Waals surface area contributed by atoms with Gasteiger partial charge in [-0.15, -0.1) is 0 Å². The van der Waals surface area contributed by atoms with Crippen LogP contribution in [0.15, 0.2) is 53.4 Å². The van der Waals surface area contributed by atoms with Gasteiger partial charge < -0.3 is 9.47 Å². The van der Waals surface area contributed by atoms with Crippen LogP contribution < -0.4 is 4.74 Å². The van der Waals surface area contributed by atoms with Crippen molar-refractivity contribution >= 4 is 10.0 Å². The lowest BCUT2D eigenvalue weighted by molar-refractivity contribution is 0.0730. The van der Waals surface area contributed by atoms with Gasteiger partial charge in [0.05, 0.1) is 18.1 Å². The van der Waals surface area contributed by atoms with Crippen LogP contribution in [0.3, 0.4) is 0 Å². The topological polar surface area (TPSA) is 59.1 Å². The zero-order valence-electron chi connectivity index (χ0n) is 16.9. The zero-order valence-corrected chi connectivity index (χ0v) is 17.7. The van der Waals surface area contributed by atoms with Crippen molar-refractivity contribution in [3.05, 3.63) is 59.9 Å². The van der Waals surface area contributed by atoms with E-state index >= 15 is 0 Å². The predicted molar refractivity (Wildman–Crippen MR) is 111 cm³/mol. The summed E-state index contributed by atoms with van der Waals surface area (Å²) >= 11 is 0. The molecule has 0 amide bonds. The Labute approximate surface area is 177 Å². The van der Waals surface area contributed by atoms with Gasteiger partial charge in [0, 0.05) is 37.8 Å². The van der Waals surface area contributed by atoms with Gasteiger partial charge in [0.1, 0.15) is 18.2 Å². The van der Waals surface area contributed by atoms with Crippen molar-refractivity contribution in [2.24, 2.45) is 0 Å². The third-order valence-corrected chi connectivity index (χ3v) is 7.39. The highest BCUT2D eigenvalue weighted by Gasteiger charge is 2.29. The van der Waals surface area contributed by atoms with Crippen molar-refractivity contribution < 1.29 is 22.3 Å². The summed E-state index contributed by atoms with van der Waals surface area (Å²) in [5.41, 5.74) is 0.696. The molecule has 2 aromatic carbocycles. The van der Waals surface area contributed by atoms with Crippen LogP contribution in [-0.4, -0.2) is 63.1 Å². The molecule has 0 N–H and O–H groups in total. The first-order chi connectivity index (χ1) is 14.5. The first kappa shape index (κ1) is 21.2. The molecule has 30 heavy (non-hydrogen) atoms. The van der Waals surface area contributed by atoms with Crippen LogP contribution in [0.5, 0.6) is 5.75 Å². The summed E-state index contributed by atoms with van der Waals surface area (Å²) < 4.78 is 51.8. The van der Waals surface area contributed by atoms with Crippen molar-refractivity contribution in [1.29, 1.82) is 0 Å². The van der Waals surface area contributed by atoms with Gasteiger partial charge in [-0.3, -0.25) is 4.90 Å². The number of nitrogens with zero attached hydrogens (tertiary/aromatic N) is 2. The number of sulfonamides is 1. The summed E-state index contributed by atoms with van der Waals surface area (Å²) in [6.07, 6.45) is 2.26. The third-order valence-electron chi connectivity index (χ3n) is 5.47. The summed E-state index contributed by atoms with van der Waals surface area (Å²) in [6.45, 7) is 3.31. The molecule has 4 rings (SSSR count). The number of hydrogen-bond acceptors (Lipinski definition) is 5. The molecular weight excluding hydrogens is 407 g/mol. The molecule has 1 aliphatic heterocycles. The molecule has 2 aliphatic rings. The third kappa shape index (κ3) is 5.18. The van der Waals surface area contributed by atoms with E-state index in [2.05, 4.69) is 4.90 Å². The van der Waals surface area contributed by atoms with Crippen molar-refractivity contribution in [2.45, 2.75) is 30.3 Å². The molecule has 0 aromatic heterocycles. The molecule has 0 bridgehead atoms. The van der Waals surface area contributed by atoms with Crippen molar-refractivity contribution in [3.63, 3.8) is 0 Å². The second-order valence-corrected chi connectivity index (χ2v) is 9.57. The average molecular weight is 435 g/mol. The summed E-state index contributed by atoms with van der Waals surface area (Å²) in [7, 11) is -3.50. The molecule has 1 saturated heterocycles. The molecule has 2 fully saturated rings. The molecule has 1 saturated carbocycles. The van der Waals surface area contributed by atoms with Crippen LogP contribution in [0.1, 0.15) is 18.4 Å². The fourth-order valence-corrected chi connectivity index (χ4v) is 5.01. The maximum absolute atomic E-state index is 14.0. The van der Waals surface area contributed by atoms with Crippen molar-refractivity contribution in [3.8, 4) is 5.75 Å². The number of morpholine rings is 1. The molecule has 0 spiro atoms. The quantitative estimate of drug-likeness (QED) is 0.608. The van der Waals surface area contributed by atoms with Gasteiger partial charge in [0.15, 0.2) is 0 Å². The number of rotatable bonds is 9. The lowest BCUT2D eigenvalue weighted by Crippen LogP contribution is -2.40. The molecule has 8 heteroatoms.